The van der Waals surface area contributed by atoms with Gasteiger partial charge in [0.15, 0.2) is 0 Å². The first kappa shape index (κ1) is 7.86. The van der Waals surface area contributed by atoms with Crippen LogP contribution in [0, 0.1) is 6.92 Å². The highest BCUT2D eigenvalue weighted by Crippen LogP contribution is 2.28. The van der Waals surface area contributed by atoms with Gasteiger partial charge in [0.25, 0.3) is 0 Å². The van der Waals surface area contributed by atoms with Crippen molar-refractivity contribution in [2.75, 3.05) is 0 Å². The Kier molecular flexibility index (Phi) is 1.77. The van der Waals surface area contributed by atoms with E-state index in [9.17, 15) is 5.11 Å². The van der Waals surface area contributed by atoms with Gasteiger partial charge in [-0.05, 0) is 19.1 Å². The minimum absolute atomic E-state index is 0.222. The summed E-state index contributed by atoms with van der Waals surface area (Å²) in [6.45, 7) is 1.96. The topological polar surface area (TPSA) is 46.3 Å². The van der Waals surface area contributed by atoms with Crippen LogP contribution >= 0.6 is 0 Å². The van der Waals surface area contributed by atoms with Gasteiger partial charge in [-0.3, -0.25) is 0 Å². The van der Waals surface area contributed by atoms with E-state index in [1.54, 1.807) is 12.1 Å². The molecule has 0 bridgehead atoms. The van der Waals surface area contributed by atoms with Crippen LogP contribution in [0.4, 0.5) is 0 Å². The summed E-state index contributed by atoms with van der Waals surface area (Å²) in [4.78, 5) is 0. The molecule has 1 aromatic heterocycles. The van der Waals surface area contributed by atoms with Gasteiger partial charge in [-0.1, -0.05) is 16.8 Å². The molecule has 0 saturated heterocycles. The van der Waals surface area contributed by atoms with Crippen LogP contribution in [0.1, 0.15) is 5.56 Å². The van der Waals surface area contributed by atoms with Gasteiger partial charge in [0, 0.05) is 11.6 Å². The fraction of sp³-hybridized carbons (Fsp3) is 0.100. The summed E-state index contributed by atoms with van der Waals surface area (Å²) in [5, 5.41) is 13.3. The Balaban J connectivity index is 2.57. The summed E-state index contributed by atoms with van der Waals surface area (Å²) in [7, 11) is 0. The molecule has 1 aromatic carbocycles. The molecule has 2 rings (SSSR count). The van der Waals surface area contributed by atoms with Crippen LogP contribution in [0.5, 0.6) is 5.75 Å². The second-order valence-corrected chi connectivity index (χ2v) is 2.91. The van der Waals surface area contributed by atoms with E-state index in [1.165, 1.54) is 6.26 Å². The van der Waals surface area contributed by atoms with Crippen LogP contribution in [0.25, 0.3) is 11.3 Å². The van der Waals surface area contributed by atoms with Gasteiger partial charge in [0.05, 0.1) is 0 Å². The normalized spacial score (nSPS) is 10.2. The third-order valence-corrected chi connectivity index (χ3v) is 1.87. The van der Waals surface area contributed by atoms with Crippen molar-refractivity contribution >= 4 is 0 Å². The van der Waals surface area contributed by atoms with Gasteiger partial charge in [0.2, 0.25) is 0 Å². The summed E-state index contributed by atoms with van der Waals surface area (Å²) >= 11 is 0. The van der Waals surface area contributed by atoms with E-state index in [4.69, 9.17) is 4.52 Å². The van der Waals surface area contributed by atoms with Crippen molar-refractivity contribution in [1.82, 2.24) is 5.16 Å². The number of aromatic nitrogens is 1. The summed E-state index contributed by atoms with van der Waals surface area (Å²) in [5.74, 6) is 0.222. The molecule has 0 saturated carbocycles. The molecule has 66 valence electrons. The predicted molar refractivity (Wildman–Crippen MR) is 48.3 cm³/mol. The Morgan fingerprint density at radius 1 is 1.31 bits per heavy atom. The van der Waals surface area contributed by atoms with E-state index >= 15 is 0 Å². The number of benzene rings is 1. The zero-order valence-corrected chi connectivity index (χ0v) is 7.19. The molecule has 2 aromatic rings. The van der Waals surface area contributed by atoms with E-state index < -0.39 is 0 Å². The second-order valence-electron chi connectivity index (χ2n) is 2.91. The molecule has 0 fully saturated rings. The molecule has 0 unspecified atom stereocenters. The molecule has 0 aliphatic carbocycles. The van der Waals surface area contributed by atoms with Crippen molar-refractivity contribution in [2.24, 2.45) is 0 Å². The van der Waals surface area contributed by atoms with Crippen molar-refractivity contribution < 1.29 is 9.63 Å². The molecule has 3 heteroatoms. The van der Waals surface area contributed by atoms with E-state index in [0.717, 1.165) is 5.56 Å². The zero-order valence-electron chi connectivity index (χ0n) is 7.19. The Morgan fingerprint density at radius 2 is 2.15 bits per heavy atom. The molecule has 0 amide bonds. The number of aromatic hydroxyl groups is 1. The Hall–Kier alpha value is -1.77. The van der Waals surface area contributed by atoms with Crippen molar-refractivity contribution in [1.29, 1.82) is 0 Å². The van der Waals surface area contributed by atoms with Crippen molar-refractivity contribution in [2.45, 2.75) is 6.92 Å². The number of hydrogen-bond acceptors (Lipinski definition) is 3. The lowest BCUT2D eigenvalue weighted by Gasteiger charge is -2.00. The summed E-state index contributed by atoms with van der Waals surface area (Å²) in [5.41, 5.74) is 2.44. The standard InChI is InChI=1S/C10H9NO2/c1-7-2-3-10(12)8(6-7)9-4-5-13-11-9/h2-6,12H,1H3. The van der Waals surface area contributed by atoms with Crippen molar-refractivity contribution in [3.05, 3.63) is 36.1 Å². The minimum atomic E-state index is 0.222. The van der Waals surface area contributed by atoms with Gasteiger partial charge in [-0.15, -0.1) is 0 Å². The Labute approximate surface area is 75.6 Å². The van der Waals surface area contributed by atoms with Gasteiger partial charge in [0.1, 0.15) is 17.7 Å². The van der Waals surface area contributed by atoms with E-state index in [0.29, 0.717) is 11.3 Å². The predicted octanol–water partition coefficient (Wildman–Crippen LogP) is 2.36. The highest BCUT2D eigenvalue weighted by Gasteiger charge is 2.06. The Bertz CT molecular complexity index is 407. The molecule has 1 N–H and O–H groups in total. The molecule has 0 atom stereocenters. The molecule has 0 spiro atoms. The fourth-order valence-corrected chi connectivity index (χ4v) is 1.21. The third kappa shape index (κ3) is 1.40. The molecule has 0 radical (unpaired) electrons. The SMILES string of the molecule is Cc1ccc(O)c(-c2ccon2)c1. The average molecular weight is 175 g/mol. The lowest BCUT2D eigenvalue weighted by atomic mass is 10.1. The minimum Gasteiger partial charge on any atom is -0.507 e. The molecule has 1 heterocycles. The Morgan fingerprint density at radius 3 is 2.85 bits per heavy atom. The number of rotatable bonds is 1. The molecular formula is C10H9NO2. The summed E-state index contributed by atoms with van der Waals surface area (Å²) in [6, 6.07) is 7.08. The van der Waals surface area contributed by atoms with Crippen LogP contribution in [-0.4, -0.2) is 10.3 Å². The van der Waals surface area contributed by atoms with Crippen molar-refractivity contribution in [3.63, 3.8) is 0 Å². The van der Waals surface area contributed by atoms with Crippen LogP contribution in [0.3, 0.4) is 0 Å². The number of aryl methyl sites for hydroxylation is 1. The van der Waals surface area contributed by atoms with Crippen LogP contribution in [0.2, 0.25) is 0 Å². The summed E-state index contributed by atoms with van der Waals surface area (Å²) < 4.78 is 4.70. The number of phenols is 1. The van der Waals surface area contributed by atoms with E-state index in [1.807, 2.05) is 19.1 Å². The first-order valence-electron chi connectivity index (χ1n) is 3.98. The van der Waals surface area contributed by atoms with E-state index in [2.05, 4.69) is 5.16 Å². The van der Waals surface area contributed by atoms with Gasteiger partial charge in [-0.2, -0.15) is 0 Å². The lowest BCUT2D eigenvalue weighted by Crippen LogP contribution is -1.80. The number of phenolic OH excluding ortho intramolecular Hbond substituents is 1. The summed E-state index contributed by atoms with van der Waals surface area (Å²) in [6.07, 6.45) is 1.48. The smallest absolute Gasteiger partial charge is 0.125 e. The number of hydrogen-bond donors (Lipinski definition) is 1. The van der Waals surface area contributed by atoms with E-state index in [-0.39, 0.29) is 5.75 Å². The first-order chi connectivity index (χ1) is 6.27. The zero-order chi connectivity index (χ0) is 9.26. The molecule has 0 aliphatic heterocycles. The highest BCUT2D eigenvalue weighted by atomic mass is 16.5. The fourth-order valence-electron chi connectivity index (χ4n) is 1.21. The molecular weight excluding hydrogens is 166 g/mol. The average Bonchev–Trinajstić information content (AvgIpc) is 2.61. The van der Waals surface area contributed by atoms with Crippen molar-refractivity contribution in [3.8, 4) is 17.0 Å². The first-order valence-corrected chi connectivity index (χ1v) is 3.98. The molecule has 13 heavy (non-hydrogen) atoms. The van der Waals surface area contributed by atoms with Crippen LogP contribution in [0.15, 0.2) is 35.1 Å². The van der Waals surface area contributed by atoms with Gasteiger partial charge < -0.3 is 9.63 Å². The molecule has 0 aliphatic rings. The van der Waals surface area contributed by atoms with Crippen LogP contribution < -0.4 is 0 Å². The monoisotopic (exact) mass is 175 g/mol. The van der Waals surface area contributed by atoms with Gasteiger partial charge >= 0.3 is 0 Å². The quantitative estimate of drug-likeness (QED) is 0.723. The molecule has 3 nitrogen and oxygen atoms in total. The maximum Gasteiger partial charge on any atom is 0.125 e. The third-order valence-electron chi connectivity index (χ3n) is 1.87. The lowest BCUT2D eigenvalue weighted by molar-refractivity contribution is 0.421. The largest absolute Gasteiger partial charge is 0.507 e. The van der Waals surface area contributed by atoms with Crippen LogP contribution in [-0.2, 0) is 0 Å². The maximum absolute atomic E-state index is 9.53. The maximum atomic E-state index is 9.53. The highest BCUT2D eigenvalue weighted by molar-refractivity contribution is 5.66. The van der Waals surface area contributed by atoms with Gasteiger partial charge in [-0.25, -0.2) is 0 Å². The number of nitrogens with zero attached hydrogens (tertiary/aromatic N) is 1. The second kappa shape index (κ2) is 2.94.